The van der Waals surface area contributed by atoms with Crippen molar-refractivity contribution in [3.05, 3.63) is 44.8 Å². The van der Waals surface area contributed by atoms with Crippen molar-refractivity contribution in [2.24, 2.45) is 22.9 Å². The summed E-state index contributed by atoms with van der Waals surface area (Å²) in [6.45, 7) is 1.42. The zero-order chi connectivity index (χ0) is 30.0. The first-order chi connectivity index (χ1) is 19.3. The molecular formula is C26H28FN5O9. The van der Waals surface area contributed by atoms with Crippen molar-refractivity contribution >= 4 is 34.8 Å². The van der Waals surface area contributed by atoms with E-state index in [2.05, 4.69) is 10.6 Å². The Labute approximate surface area is 231 Å². The predicted molar refractivity (Wildman–Crippen MR) is 138 cm³/mol. The molecule has 1 aromatic carbocycles. The lowest BCUT2D eigenvalue weighted by atomic mass is 9.57. The average Bonchev–Trinajstić information content (AvgIpc) is 3.41. The number of aliphatic hydroxyl groups excluding tert-OH is 2. The van der Waals surface area contributed by atoms with Gasteiger partial charge in [0.1, 0.15) is 29.0 Å². The lowest BCUT2D eigenvalue weighted by molar-refractivity contribution is -0.154. The van der Waals surface area contributed by atoms with Crippen LogP contribution in [-0.2, 0) is 25.6 Å². The number of aromatic hydroxyl groups is 1. The van der Waals surface area contributed by atoms with E-state index in [1.807, 2.05) is 4.90 Å². The molecule has 4 aliphatic rings. The van der Waals surface area contributed by atoms with Crippen molar-refractivity contribution in [2.75, 3.05) is 32.0 Å². The zero-order valence-corrected chi connectivity index (χ0v) is 21.9. The molecule has 0 bridgehead atoms. The van der Waals surface area contributed by atoms with E-state index in [1.165, 1.54) is 0 Å². The van der Waals surface area contributed by atoms with Gasteiger partial charge in [0.25, 0.3) is 5.91 Å². The number of phenolic OH excluding ortho intramolecular Hbond substituents is 1. The van der Waals surface area contributed by atoms with Crippen LogP contribution >= 0.6 is 0 Å². The molecule has 1 aliphatic heterocycles. The van der Waals surface area contributed by atoms with Crippen molar-refractivity contribution in [3.63, 3.8) is 0 Å². The van der Waals surface area contributed by atoms with Crippen LogP contribution in [0.3, 0.4) is 0 Å². The molecular weight excluding hydrogens is 545 g/mol. The predicted octanol–water partition coefficient (Wildman–Crippen LogP) is 0.189. The second kappa shape index (κ2) is 9.92. The number of aliphatic hydroxyl groups is 3. The highest BCUT2D eigenvalue weighted by Gasteiger charge is 2.64. The zero-order valence-electron chi connectivity index (χ0n) is 21.9. The number of likely N-dealkylation sites (tertiary alicyclic amines) is 1. The third-order valence-corrected chi connectivity index (χ3v) is 8.48. The molecule has 2 amide bonds. The number of likely N-dealkylation sites (N-methyl/N-ethyl adjacent to an activating group) is 1. The van der Waals surface area contributed by atoms with E-state index in [0.29, 0.717) is 18.1 Å². The van der Waals surface area contributed by atoms with Crippen LogP contribution in [0.1, 0.15) is 30.4 Å². The number of hydrogen-bond acceptors (Lipinski definition) is 11. The van der Waals surface area contributed by atoms with Gasteiger partial charge in [0.05, 0.1) is 23.1 Å². The maximum absolute atomic E-state index is 15.4. The molecule has 0 spiro atoms. The molecule has 5 rings (SSSR count). The van der Waals surface area contributed by atoms with Crippen LogP contribution in [0.15, 0.2) is 28.3 Å². The van der Waals surface area contributed by atoms with Gasteiger partial charge in [0.2, 0.25) is 11.7 Å². The van der Waals surface area contributed by atoms with Crippen molar-refractivity contribution < 1.29 is 44.0 Å². The van der Waals surface area contributed by atoms with Gasteiger partial charge in [0.15, 0.2) is 17.1 Å². The number of Topliss-reactive ketones (excluding diaryl/α,β-unsaturated/α-hetero) is 2. The molecule has 1 saturated carbocycles. The number of carbonyl (C=O) groups excluding carboxylic acids is 4. The number of phenols is 1. The summed E-state index contributed by atoms with van der Waals surface area (Å²) in [4.78, 5) is 64.7. The lowest BCUT2D eigenvalue weighted by Crippen LogP contribution is -2.65. The number of nitrogens with one attached hydrogen (secondary N) is 1. The quantitative estimate of drug-likeness (QED) is 0.117. The highest BCUT2D eigenvalue weighted by molar-refractivity contribution is 6.24. The third kappa shape index (κ3) is 4.14. The van der Waals surface area contributed by atoms with E-state index in [1.54, 1.807) is 0 Å². The monoisotopic (exact) mass is 573 g/mol. The van der Waals surface area contributed by atoms with Gasteiger partial charge in [-0.05, 0) is 44.7 Å². The summed E-state index contributed by atoms with van der Waals surface area (Å²) in [6.07, 6.45) is 1.22. The summed E-state index contributed by atoms with van der Waals surface area (Å²) in [7, 11) is 1.07. The number of rotatable bonds is 6. The Morgan fingerprint density at radius 2 is 1.90 bits per heavy atom. The molecule has 2 fully saturated rings. The minimum Gasteiger partial charge on any atom is -0.508 e. The van der Waals surface area contributed by atoms with E-state index >= 15 is 4.39 Å². The molecule has 4 atom stereocenters. The normalized spacial score (nSPS) is 27.7. The minimum atomic E-state index is -2.99. The van der Waals surface area contributed by atoms with E-state index < -0.39 is 86.7 Å². The highest BCUT2D eigenvalue weighted by atomic mass is 19.1. The maximum Gasteiger partial charge on any atom is 0.255 e. The summed E-state index contributed by atoms with van der Waals surface area (Å²) >= 11 is 0. The molecule has 0 aromatic heterocycles. The Bertz CT molecular complexity index is 1470. The van der Waals surface area contributed by atoms with Crippen molar-refractivity contribution in [3.8, 4) is 5.75 Å². The molecule has 1 aromatic rings. The van der Waals surface area contributed by atoms with Crippen LogP contribution in [-0.4, -0.2) is 92.0 Å². The van der Waals surface area contributed by atoms with E-state index in [0.717, 1.165) is 26.0 Å². The average molecular weight is 574 g/mol. The largest absolute Gasteiger partial charge is 0.508 e. The van der Waals surface area contributed by atoms with Gasteiger partial charge >= 0.3 is 0 Å². The Kier molecular flexibility index (Phi) is 6.82. The molecule has 0 radical (unpaired) electrons. The molecule has 1 heterocycles. The van der Waals surface area contributed by atoms with Crippen LogP contribution in [0.25, 0.3) is 5.76 Å². The number of nitrogens with two attached hydrogens (primary N) is 1. The Balaban J connectivity index is 1.60. The van der Waals surface area contributed by atoms with Crippen LogP contribution < -0.4 is 11.1 Å². The number of carbonyl (C=O) groups is 4. The van der Waals surface area contributed by atoms with Crippen LogP contribution in [0.5, 0.6) is 5.75 Å². The fraction of sp³-hybridized carbons (Fsp3) is 0.462. The standard InChI is InChI=1S/C26H28FN5O9/c1-31(30-41)19-12-7-10-6-11-13(27)8-14(29-15(33)9-32-4-2-3-5-32)20(34)17(11)21(35)16(10)23(37)26(12,40)24(38)18(22(19)36)25(28)39/h8,10,12,19,34-35,38,40H,2-7,9H2,1H3,(H2,28,39)(H,29,33)/t10-,12-,19-,26-/m0/s1. The highest BCUT2D eigenvalue weighted by Crippen LogP contribution is 2.53. The Morgan fingerprint density at radius 3 is 2.51 bits per heavy atom. The van der Waals surface area contributed by atoms with E-state index in [4.69, 9.17) is 5.73 Å². The van der Waals surface area contributed by atoms with Gasteiger partial charge in [-0.2, -0.15) is 0 Å². The smallest absolute Gasteiger partial charge is 0.255 e. The fourth-order valence-corrected chi connectivity index (χ4v) is 6.58. The van der Waals surface area contributed by atoms with Crippen LogP contribution in [0, 0.1) is 22.6 Å². The number of benzene rings is 1. The van der Waals surface area contributed by atoms with Crippen LogP contribution in [0.2, 0.25) is 0 Å². The van der Waals surface area contributed by atoms with Gasteiger partial charge < -0.3 is 31.5 Å². The number of fused-ring (bicyclic) bond motifs is 3. The van der Waals surface area contributed by atoms with Gasteiger partial charge in [0, 0.05) is 30.2 Å². The molecule has 3 aliphatic carbocycles. The van der Waals surface area contributed by atoms with Gasteiger partial charge in [-0.15, -0.1) is 4.91 Å². The summed E-state index contributed by atoms with van der Waals surface area (Å²) in [5.74, 6) is -11.0. The molecule has 14 nitrogen and oxygen atoms in total. The first-order valence-electron chi connectivity index (χ1n) is 12.9. The second-order valence-corrected chi connectivity index (χ2v) is 10.8. The SMILES string of the molecule is CN(N=O)[C@@H]1C(=O)C(C(N)=O)=C(O)[C@@]2(O)C(=O)C3=C(O)c4c(O)c(NC(=O)CN5CCCC5)cc(F)c4C[C@H]3C[C@@H]12. The molecule has 0 unspecified atom stereocenters. The number of amides is 2. The van der Waals surface area contributed by atoms with Crippen molar-refractivity contribution in [1.82, 2.24) is 9.91 Å². The van der Waals surface area contributed by atoms with E-state index in [9.17, 15) is 44.5 Å². The number of nitroso groups, excluding NO2 is 1. The lowest BCUT2D eigenvalue weighted by Gasteiger charge is -2.49. The summed E-state index contributed by atoms with van der Waals surface area (Å²) in [5.41, 5.74) is -0.389. The minimum absolute atomic E-state index is 0.00200. The molecule has 15 heteroatoms. The first kappa shape index (κ1) is 28.2. The molecule has 218 valence electrons. The van der Waals surface area contributed by atoms with Crippen molar-refractivity contribution in [2.45, 2.75) is 37.3 Å². The van der Waals surface area contributed by atoms with Crippen molar-refractivity contribution in [1.29, 1.82) is 0 Å². The molecule has 1 saturated heterocycles. The second-order valence-electron chi connectivity index (χ2n) is 10.8. The van der Waals surface area contributed by atoms with Crippen LogP contribution in [0.4, 0.5) is 10.1 Å². The number of ketones is 2. The first-order valence-corrected chi connectivity index (χ1v) is 12.9. The van der Waals surface area contributed by atoms with E-state index in [-0.39, 0.29) is 30.6 Å². The topological polar surface area (TPSA) is 223 Å². The Hall–Kier alpha value is -4.37. The van der Waals surface area contributed by atoms with Gasteiger partial charge in [-0.25, -0.2) is 4.39 Å². The number of hydrogen-bond donors (Lipinski definition) is 6. The maximum atomic E-state index is 15.4. The third-order valence-electron chi connectivity index (χ3n) is 8.48. The van der Waals surface area contributed by atoms with Gasteiger partial charge in [-0.3, -0.25) is 29.1 Å². The van der Waals surface area contributed by atoms with Gasteiger partial charge in [-0.1, -0.05) is 0 Å². The summed E-state index contributed by atoms with van der Waals surface area (Å²) < 4.78 is 15.4. The summed E-state index contributed by atoms with van der Waals surface area (Å²) in [5, 5.41) is 50.3. The number of primary amides is 1. The number of halogens is 1. The molecule has 41 heavy (non-hydrogen) atoms. The number of nitrogens with zero attached hydrogens (tertiary/aromatic N) is 3. The number of anilines is 1. The molecule has 7 N–H and O–H groups in total. The Morgan fingerprint density at radius 1 is 1.24 bits per heavy atom. The fourth-order valence-electron chi connectivity index (χ4n) is 6.58. The summed E-state index contributed by atoms with van der Waals surface area (Å²) in [6, 6.07) is -0.809.